The topological polar surface area (TPSA) is 183 Å². The summed E-state index contributed by atoms with van der Waals surface area (Å²) in [5.41, 5.74) is 2.36. The molecule has 42 heavy (non-hydrogen) atoms. The van der Waals surface area contributed by atoms with Crippen LogP contribution in [0.2, 0.25) is 0 Å². The predicted octanol–water partition coefficient (Wildman–Crippen LogP) is 0.736. The summed E-state index contributed by atoms with van der Waals surface area (Å²) in [5, 5.41) is 35.1. The van der Waals surface area contributed by atoms with E-state index in [9.17, 15) is 29.4 Å². The van der Waals surface area contributed by atoms with Crippen LogP contribution in [0.5, 0.6) is 5.75 Å². The maximum Gasteiger partial charge on any atom is 0.233 e. The van der Waals surface area contributed by atoms with Gasteiger partial charge in [0.25, 0.3) is 0 Å². The van der Waals surface area contributed by atoms with Crippen molar-refractivity contribution in [2.24, 2.45) is 29.4 Å². The minimum atomic E-state index is -2.61. The Bertz CT molecular complexity index is 1520. The number of nitrogens with zero attached hydrogens (tertiary/aromatic N) is 1. The number of ketones is 3. The number of benzene rings is 2. The van der Waals surface area contributed by atoms with E-state index in [0.717, 1.165) is 12.0 Å². The van der Waals surface area contributed by atoms with Gasteiger partial charge in [-0.15, -0.1) is 0 Å². The van der Waals surface area contributed by atoms with Gasteiger partial charge in [-0.05, 0) is 57.5 Å². The zero-order valence-corrected chi connectivity index (χ0v) is 23.7. The van der Waals surface area contributed by atoms with E-state index in [2.05, 4.69) is 5.32 Å². The molecule has 3 aliphatic rings. The molecule has 6 N–H and O–H groups in total. The molecule has 0 aliphatic heterocycles. The molecule has 0 bridgehead atoms. The van der Waals surface area contributed by atoms with Crippen molar-refractivity contribution in [3.8, 4) is 5.75 Å². The van der Waals surface area contributed by atoms with Crippen molar-refractivity contribution in [2.45, 2.75) is 37.5 Å². The number of methoxy groups -OCH3 is 1. The zero-order valence-electron chi connectivity index (χ0n) is 23.7. The zero-order chi connectivity index (χ0) is 30.7. The first-order valence-corrected chi connectivity index (χ1v) is 13.9. The van der Waals surface area contributed by atoms with Crippen LogP contribution in [-0.2, 0) is 32.1 Å². The first-order valence-electron chi connectivity index (χ1n) is 13.9. The number of ether oxygens (including phenoxy) is 1. The van der Waals surface area contributed by atoms with Crippen LogP contribution in [0, 0.1) is 34.9 Å². The summed E-state index contributed by atoms with van der Waals surface area (Å²) in [6.45, 7) is 1.70. The molecule has 6 unspecified atom stereocenters. The molecule has 0 radical (unpaired) electrons. The van der Waals surface area contributed by atoms with Gasteiger partial charge in [-0.2, -0.15) is 0 Å². The third kappa shape index (κ3) is 4.36. The van der Waals surface area contributed by atoms with Gasteiger partial charge in [-0.25, -0.2) is 4.39 Å². The Kier molecular flexibility index (Phi) is 7.77. The van der Waals surface area contributed by atoms with Crippen molar-refractivity contribution in [1.29, 1.82) is 5.41 Å². The van der Waals surface area contributed by atoms with Gasteiger partial charge in [0.05, 0.1) is 23.2 Å². The van der Waals surface area contributed by atoms with Gasteiger partial charge in [-0.3, -0.25) is 24.1 Å². The van der Waals surface area contributed by atoms with Gasteiger partial charge in [0, 0.05) is 42.5 Å². The highest BCUT2D eigenvalue weighted by Gasteiger charge is 2.67. The number of hydrogen-bond donors (Lipinski definition) is 5. The second-order valence-corrected chi connectivity index (χ2v) is 11.8. The number of aliphatic hydroxyl groups is 1. The number of fused-ring (bicyclic) bond motifs is 4. The van der Waals surface area contributed by atoms with E-state index >= 15 is 4.39 Å². The first-order chi connectivity index (χ1) is 19.9. The summed E-state index contributed by atoms with van der Waals surface area (Å²) in [5.74, 6) is -10.2. The average molecular weight is 583 g/mol. The van der Waals surface area contributed by atoms with Gasteiger partial charge in [0.2, 0.25) is 5.91 Å². The maximum atomic E-state index is 16.0. The summed E-state index contributed by atoms with van der Waals surface area (Å²) in [7, 11) is 4.70. The van der Waals surface area contributed by atoms with Crippen molar-refractivity contribution in [3.63, 3.8) is 0 Å². The summed E-state index contributed by atoms with van der Waals surface area (Å²) in [4.78, 5) is 54.8. The Balaban J connectivity index is 1.56. The number of aromatic hydroxyl groups is 1. The smallest absolute Gasteiger partial charge is 0.233 e. The minimum absolute atomic E-state index is 0.0245. The molecule has 6 atom stereocenters. The largest absolute Gasteiger partial charge is 0.507 e. The lowest BCUT2D eigenvalue weighted by molar-refractivity contribution is -0.157. The molecule has 2 aromatic rings. The molecular formula is C30H35FN4O7. The van der Waals surface area contributed by atoms with Gasteiger partial charge in [0.1, 0.15) is 17.5 Å². The number of carbonyl (C=O) groups excluding carboxylic acids is 4. The number of primary amides is 1. The molecule has 0 heterocycles. The number of phenolic OH excluding ortho intramolecular Hbond substituents is 1. The van der Waals surface area contributed by atoms with E-state index in [1.54, 1.807) is 39.4 Å². The number of amides is 1. The molecule has 5 rings (SSSR count). The van der Waals surface area contributed by atoms with Crippen LogP contribution >= 0.6 is 0 Å². The molecule has 2 aromatic carbocycles. The highest BCUT2D eigenvalue weighted by molar-refractivity contribution is 6.33. The number of Topliss-reactive ketones (excluding diaryl/α,β-unsaturated/α-hetero) is 3. The van der Waals surface area contributed by atoms with Crippen LogP contribution in [0.15, 0.2) is 18.2 Å². The number of nitrogens with two attached hydrogens (primary N) is 1. The summed E-state index contributed by atoms with van der Waals surface area (Å²) < 4.78 is 21.0. The fourth-order valence-corrected chi connectivity index (χ4v) is 7.21. The number of rotatable bonds is 8. The van der Waals surface area contributed by atoms with Crippen molar-refractivity contribution in [2.75, 3.05) is 34.4 Å². The Hall–Kier alpha value is -3.58. The van der Waals surface area contributed by atoms with Crippen LogP contribution in [0.4, 0.5) is 4.39 Å². The second kappa shape index (κ2) is 10.9. The van der Waals surface area contributed by atoms with Crippen molar-refractivity contribution in [3.05, 3.63) is 40.7 Å². The highest BCUT2D eigenvalue weighted by Crippen LogP contribution is 2.52. The Morgan fingerprint density at radius 3 is 2.62 bits per heavy atom. The summed E-state index contributed by atoms with van der Waals surface area (Å²) in [6.07, 6.45) is 0.631. The molecule has 3 aliphatic carbocycles. The lowest BCUT2D eigenvalue weighted by atomic mass is 9.52. The fraction of sp³-hybridized carbons (Fsp3) is 0.500. The molecule has 2 saturated carbocycles. The molecule has 224 valence electrons. The van der Waals surface area contributed by atoms with Gasteiger partial charge >= 0.3 is 0 Å². The van der Waals surface area contributed by atoms with Crippen molar-refractivity contribution < 1.29 is 38.5 Å². The van der Waals surface area contributed by atoms with E-state index in [1.165, 1.54) is 4.90 Å². The standard InChI is InChI=1S/C30H35FN4O7/c1-35(2)23-18-11-14-10-17-20(25(37)19(14)28(39)30(18,41)27(32)21(26(23)38)29(33)40)24(36)16-9-13(5-6-15(16)22(17)31)12-34-7-4-8-42-3/h5-6,9,14,18-19,21,23,32,34,36,41H,4,7-8,10-12H2,1-3H3,(H2,33,40). The molecule has 0 saturated heterocycles. The van der Waals surface area contributed by atoms with Crippen molar-refractivity contribution in [1.82, 2.24) is 10.2 Å². The van der Waals surface area contributed by atoms with Crippen LogP contribution in [0.3, 0.4) is 0 Å². The van der Waals surface area contributed by atoms with Crippen LogP contribution in [-0.4, -0.2) is 90.1 Å². The van der Waals surface area contributed by atoms with E-state index in [-0.39, 0.29) is 34.7 Å². The lowest BCUT2D eigenvalue weighted by Gasteiger charge is -2.53. The molecule has 2 fully saturated rings. The number of nitrogens with one attached hydrogen (secondary N) is 2. The molecule has 11 nitrogen and oxygen atoms in total. The average Bonchev–Trinajstić information content (AvgIpc) is 2.93. The minimum Gasteiger partial charge on any atom is -0.507 e. The normalized spacial score (nSPS) is 29.0. The van der Waals surface area contributed by atoms with Gasteiger partial charge in [0.15, 0.2) is 23.0 Å². The quantitative estimate of drug-likeness (QED) is 0.221. The molecule has 12 heteroatoms. The molecule has 0 spiro atoms. The highest BCUT2D eigenvalue weighted by atomic mass is 19.1. The van der Waals surface area contributed by atoms with Crippen LogP contribution < -0.4 is 11.1 Å². The van der Waals surface area contributed by atoms with Gasteiger partial charge < -0.3 is 31.4 Å². The van der Waals surface area contributed by atoms with E-state index < -0.39 is 75.8 Å². The number of halogens is 1. The first kappa shape index (κ1) is 29.9. The van der Waals surface area contributed by atoms with Gasteiger partial charge in [-0.1, -0.05) is 12.1 Å². The molecule has 1 amide bonds. The Labute approximate surface area is 241 Å². The molecular weight excluding hydrogens is 547 g/mol. The van der Waals surface area contributed by atoms with Crippen LogP contribution in [0.1, 0.15) is 34.3 Å². The fourth-order valence-electron chi connectivity index (χ4n) is 7.21. The third-order valence-corrected chi connectivity index (χ3v) is 9.13. The summed E-state index contributed by atoms with van der Waals surface area (Å²) in [6, 6.07) is 3.73. The Morgan fingerprint density at radius 2 is 1.98 bits per heavy atom. The Morgan fingerprint density at radius 1 is 1.26 bits per heavy atom. The maximum absolute atomic E-state index is 16.0. The number of likely N-dealkylation sites (N-methyl/N-ethyl adjacent to an activating group) is 1. The number of carbonyl (C=O) groups is 4. The number of phenols is 1. The lowest BCUT2D eigenvalue weighted by Crippen LogP contribution is -2.73. The van der Waals surface area contributed by atoms with E-state index in [1.807, 2.05) is 0 Å². The molecule has 0 aromatic heterocycles. The van der Waals surface area contributed by atoms with Crippen LogP contribution in [0.25, 0.3) is 10.8 Å². The predicted molar refractivity (Wildman–Crippen MR) is 150 cm³/mol. The van der Waals surface area contributed by atoms with E-state index in [4.69, 9.17) is 15.9 Å². The second-order valence-electron chi connectivity index (χ2n) is 11.8. The monoisotopic (exact) mass is 582 g/mol. The SMILES string of the molecule is COCCCNCc1ccc2c(F)c3c(c(O)c2c1)C(=O)C1C(=O)C2(O)C(=N)C(C(N)=O)C(=O)C(N(C)C)C2CC1C3. The van der Waals surface area contributed by atoms with Crippen molar-refractivity contribution >= 4 is 39.7 Å². The third-order valence-electron chi connectivity index (χ3n) is 9.13. The van der Waals surface area contributed by atoms with E-state index in [0.29, 0.717) is 19.7 Å². The summed E-state index contributed by atoms with van der Waals surface area (Å²) >= 11 is 0. The number of hydrogen-bond acceptors (Lipinski definition) is 10.